The van der Waals surface area contributed by atoms with Gasteiger partial charge in [-0.3, -0.25) is 0 Å². The number of carbonyl (C=O) groups excluding carboxylic acids is 1. The maximum absolute atomic E-state index is 11.0. The Morgan fingerprint density at radius 3 is 2.42 bits per heavy atom. The Hall–Kier alpha value is -0.805. The quantitative estimate of drug-likeness (QED) is 0.353. The van der Waals surface area contributed by atoms with Crippen molar-refractivity contribution in [3.63, 3.8) is 0 Å². The van der Waals surface area contributed by atoms with E-state index in [4.69, 9.17) is 10.0 Å². The summed E-state index contributed by atoms with van der Waals surface area (Å²) in [6.45, 7) is 3.68. The van der Waals surface area contributed by atoms with Gasteiger partial charge in [0.15, 0.2) is 0 Å². The molecule has 0 atom stereocenters. The van der Waals surface area contributed by atoms with Gasteiger partial charge < -0.3 is 14.8 Å². The van der Waals surface area contributed by atoms with Crippen LogP contribution in [0.3, 0.4) is 0 Å². The summed E-state index contributed by atoms with van der Waals surface area (Å²) in [7, 11) is -1.75. The zero-order valence-corrected chi connectivity index (χ0v) is 7.28. The molecule has 0 aromatic heterocycles. The first-order valence-corrected chi connectivity index (χ1v) is 3.86. The average molecular weight is 172 g/mol. The highest BCUT2D eigenvalue weighted by Crippen LogP contribution is 2.01. The third-order valence-electron chi connectivity index (χ3n) is 1.21. The van der Waals surface area contributed by atoms with Gasteiger partial charge in [-0.2, -0.15) is 0 Å². The molecule has 0 heterocycles. The minimum atomic E-state index is -1.75. The fourth-order valence-electron chi connectivity index (χ4n) is 0.728. The van der Waals surface area contributed by atoms with Crippen molar-refractivity contribution in [2.75, 3.05) is 6.61 Å². The van der Waals surface area contributed by atoms with Gasteiger partial charge in [-0.1, -0.05) is 13.0 Å². The molecule has 12 heavy (non-hydrogen) atoms. The van der Waals surface area contributed by atoms with Crippen LogP contribution in [0.25, 0.3) is 0 Å². The van der Waals surface area contributed by atoms with Crippen molar-refractivity contribution >= 4 is 13.1 Å². The van der Waals surface area contributed by atoms with Gasteiger partial charge in [0.1, 0.15) is 0 Å². The molecule has 0 aliphatic carbocycles. The molecule has 5 heteroatoms. The van der Waals surface area contributed by atoms with E-state index in [1.807, 2.05) is 0 Å². The zero-order valence-electron chi connectivity index (χ0n) is 7.28. The van der Waals surface area contributed by atoms with E-state index in [9.17, 15) is 4.79 Å². The molecule has 0 radical (unpaired) electrons. The van der Waals surface area contributed by atoms with Crippen LogP contribution >= 0.6 is 0 Å². The molecule has 0 spiro atoms. The lowest BCUT2D eigenvalue weighted by molar-refractivity contribution is -0.137. The summed E-state index contributed by atoms with van der Waals surface area (Å²) in [6, 6.07) is 0. The summed E-state index contributed by atoms with van der Waals surface area (Å²) in [4.78, 5) is 11.0. The van der Waals surface area contributed by atoms with Crippen molar-refractivity contribution in [1.29, 1.82) is 0 Å². The van der Waals surface area contributed by atoms with Crippen molar-refractivity contribution in [2.24, 2.45) is 0 Å². The van der Waals surface area contributed by atoms with Crippen molar-refractivity contribution < 1.29 is 19.6 Å². The molecule has 0 rings (SSSR count). The maximum atomic E-state index is 11.0. The lowest BCUT2D eigenvalue weighted by Crippen LogP contribution is -2.24. The largest absolute Gasteiger partial charge is 0.495 e. The molecule has 0 aromatic carbocycles. The Bertz CT molecular complexity index is 176. The first-order valence-electron chi connectivity index (χ1n) is 3.86. The fraction of sp³-hybridized carbons (Fsp3) is 0.571. The van der Waals surface area contributed by atoms with Gasteiger partial charge >= 0.3 is 13.1 Å². The highest BCUT2D eigenvalue weighted by molar-refractivity contribution is 6.58. The zero-order chi connectivity index (χ0) is 9.56. The molecular weight excluding hydrogens is 159 g/mol. The predicted molar refractivity (Wildman–Crippen MR) is 45.2 cm³/mol. The molecule has 0 amide bonds. The number of esters is 1. The second-order valence-electron chi connectivity index (χ2n) is 2.16. The lowest BCUT2D eigenvalue weighted by atomic mass is 9.79. The van der Waals surface area contributed by atoms with Crippen LogP contribution in [0.1, 0.15) is 20.3 Å². The van der Waals surface area contributed by atoms with Crippen LogP contribution in [-0.4, -0.2) is 29.7 Å². The summed E-state index contributed by atoms with van der Waals surface area (Å²) in [5, 5.41) is 17.5. The third-order valence-corrected chi connectivity index (χ3v) is 1.21. The first kappa shape index (κ1) is 11.2. The highest BCUT2D eigenvalue weighted by Gasteiger charge is 2.22. The molecule has 0 fully saturated rings. The van der Waals surface area contributed by atoms with Crippen molar-refractivity contribution in [3.05, 3.63) is 11.5 Å². The van der Waals surface area contributed by atoms with E-state index in [-0.39, 0.29) is 12.1 Å². The first-order chi connectivity index (χ1) is 5.63. The monoisotopic (exact) mass is 172 g/mol. The summed E-state index contributed by atoms with van der Waals surface area (Å²) in [5.74, 6) is -0.672. The van der Waals surface area contributed by atoms with Gasteiger partial charge in [0.2, 0.25) is 0 Å². The number of hydrogen-bond acceptors (Lipinski definition) is 4. The molecule has 4 nitrogen and oxygen atoms in total. The maximum Gasteiger partial charge on any atom is 0.495 e. The van der Waals surface area contributed by atoms with Crippen molar-refractivity contribution in [2.45, 2.75) is 20.3 Å². The second-order valence-corrected chi connectivity index (χ2v) is 2.16. The van der Waals surface area contributed by atoms with Crippen LogP contribution in [0.4, 0.5) is 0 Å². The van der Waals surface area contributed by atoms with Crippen LogP contribution in [0.2, 0.25) is 0 Å². The van der Waals surface area contributed by atoms with Crippen molar-refractivity contribution in [3.8, 4) is 0 Å². The van der Waals surface area contributed by atoms with E-state index in [0.29, 0.717) is 6.42 Å². The Morgan fingerprint density at radius 1 is 1.50 bits per heavy atom. The number of carbonyl (C=O) groups is 1. The summed E-state index contributed by atoms with van der Waals surface area (Å²) < 4.78 is 4.59. The highest BCUT2D eigenvalue weighted by atomic mass is 16.5. The molecule has 2 N–H and O–H groups in total. The van der Waals surface area contributed by atoms with Crippen LogP contribution in [0.5, 0.6) is 0 Å². The fourth-order valence-corrected chi connectivity index (χ4v) is 0.728. The summed E-state index contributed by atoms with van der Waals surface area (Å²) >= 11 is 0. The van der Waals surface area contributed by atoms with Gasteiger partial charge in [-0.05, 0) is 13.3 Å². The van der Waals surface area contributed by atoms with E-state index in [0.717, 1.165) is 0 Å². The Kier molecular flexibility index (Phi) is 5.41. The standard InChI is InChI=1S/C7H13BO4/c1-3-5-6(8(10)11)7(9)12-4-2/h5,10-11H,3-4H2,1-2H3/b6-5+. The molecular formula is C7H13BO4. The third kappa shape index (κ3) is 3.55. The van der Waals surface area contributed by atoms with Crippen molar-refractivity contribution in [1.82, 2.24) is 0 Å². The molecule has 0 saturated carbocycles. The molecule has 0 aliphatic rings. The molecule has 0 unspecified atom stereocenters. The Morgan fingerprint density at radius 2 is 2.08 bits per heavy atom. The van der Waals surface area contributed by atoms with Crippen LogP contribution < -0.4 is 0 Å². The molecule has 0 saturated heterocycles. The Balaban J connectivity index is 4.30. The van der Waals surface area contributed by atoms with Crippen LogP contribution in [0.15, 0.2) is 11.5 Å². The normalized spacial score (nSPS) is 11.2. The van der Waals surface area contributed by atoms with Gasteiger partial charge in [0.05, 0.1) is 12.1 Å². The smallest absolute Gasteiger partial charge is 0.463 e. The average Bonchev–Trinajstić information content (AvgIpc) is 1.99. The van der Waals surface area contributed by atoms with Crippen LogP contribution in [0, 0.1) is 0 Å². The molecule has 0 aromatic rings. The lowest BCUT2D eigenvalue weighted by Gasteiger charge is -2.04. The minimum Gasteiger partial charge on any atom is -0.463 e. The second kappa shape index (κ2) is 5.80. The van der Waals surface area contributed by atoms with Gasteiger partial charge in [0, 0.05) is 0 Å². The van der Waals surface area contributed by atoms with E-state index in [1.165, 1.54) is 6.08 Å². The number of ether oxygens (including phenoxy) is 1. The topological polar surface area (TPSA) is 66.8 Å². The molecule has 0 aliphatic heterocycles. The number of allylic oxidation sites excluding steroid dienone is 1. The Labute approximate surface area is 72.0 Å². The summed E-state index contributed by atoms with van der Waals surface area (Å²) in [6.07, 6.45) is 1.99. The SMILES string of the molecule is CC/C=C(/B(O)O)C(=O)OCC. The predicted octanol–water partition coefficient (Wildman–Crippen LogP) is -0.102. The van der Waals surface area contributed by atoms with E-state index in [1.54, 1.807) is 13.8 Å². The van der Waals surface area contributed by atoms with Gasteiger partial charge in [0.25, 0.3) is 0 Å². The number of rotatable bonds is 4. The molecule has 68 valence electrons. The van der Waals surface area contributed by atoms with Gasteiger partial charge in [-0.15, -0.1) is 0 Å². The number of hydrogen-bond donors (Lipinski definition) is 2. The van der Waals surface area contributed by atoms with E-state index in [2.05, 4.69) is 4.74 Å². The molecule has 0 bridgehead atoms. The summed E-state index contributed by atoms with van der Waals surface area (Å²) in [5.41, 5.74) is -0.0978. The minimum absolute atomic E-state index is 0.0978. The van der Waals surface area contributed by atoms with Gasteiger partial charge in [-0.25, -0.2) is 4.79 Å². The van der Waals surface area contributed by atoms with E-state index >= 15 is 0 Å². The van der Waals surface area contributed by atoms with Crippen LogP contribution in [-0.2, 0) is 9.53 Å². The van der Waals surface area contributed by atoms with E-state index < -0.39 is 13.1 Å².